The highest BCUT2D eigenvalue weighted by atomic mass is 15.1. The highest BCUT2D eigenvalue weighted by Gasteiger charge is 2.15. The number of hydrogen-bond acceptors (Lipinski definition) is 3. The van der Waals surface area contributed by atoms with E-state index in [0.717, 1.165) is 6.04 Å². The minimum absolute atomic E-state index is 0.676. The third-order valence-corrected chi connectivity index (χ3v) is 3.88. The van der Waals surface area contributed by atoms with Gasteiger partial charge in [0.15, 0.2) is 0 Å². The van der Waals surface area contributed by atoms with Crippen LogP contribution < -0.4 is 5.32 Å². The van der Waals surface area contributed by atoms with Crippen molar-refractivity contribution >= 4 is 0 Å². The molecule has 1 aliphatic rings. The minimum atomic E-state index is 0.676. The lowest BCUT2D eigenvalue weighted by molar-refractivity contribution is 0.225. The molecule has 1 heterocycles. The number of likely N-dealkylation sites (tertiary alicyclic amines) is 1. The van der Waals surface area contributed by atoms with E-state index in [1.54, 1.807) is 0 Å². The molecule has 1 rings (SSSR count). The normalized spacial score (nSPS) is 22.6. The first-order valence-corrected chi connectivity index (χ1v) is 7.21. The maximum Gasteiger partial charge on any atom is 0.0195 e. The molecule has 0 radical (unpaired) electrons. The lowest BCUT2D eigenvalue weighted by Crippen LogP contribution is -2.44. The average Bonchev–Trinajstić information content (AvgIpc) is 2.28. The van der Waals surface area contributed by atoms with Crippen molar-refractivity contribution in [1.82, 2.24) is 15.1 Å². The van der Waals surface area contributed by atoms with E-state index >= 15 is 0 Å². The molecule has 0 aromatic heterocycles. The number of piperidine rings is 1. The van der Waals surface area contributed by atoms with Gasteiger partial charge in [0.25, 0.3) is 0 Å². The van der Waals surface area contributed by atoms with Crippen molar-refractivity contribution in [3.05, 3.63) is 0 Å². The Labute approximate surface area is 108 Å². The van der Waals surface area contributed by atoms with Gasteiger partial charge in [-0.1, -0.05) is 0 Å². The van der Waals surface area contributed by atoms with Crippen LogP contribution >= 0.6 is 0 Å². The molecule has 1 atom stereocenters. The Morgan fingerprint density at radius 3 is 2.76 bits per heavy atom. The van der Waals surface area contributed by atoms with E-state index in [-0.39, 0.29) is 0 Å². The third kappa shape index (κ3) is 6.39. The maximum atomic E-state index is 3.69. The lowest BCUT2D eigenvalue weighted by atomic mass is 10.1. The van der Waals surface area contributed by atoms with Crippen LogP contribution in [0.3, 0.4) is 0 Å². The number of hydrogen-bond donors (Lipinski definition) is 1. The van der Waals surface area contributed by atoms with Crippen LogP contribution in [0.15, 0.2) is 0 Å². The standard InChI is InChI=1S/C14H31N3/c1-13(2)17(4)11-6-5-9-15-14-8-7-10-16(3)12-14/h13-15H,5-12H2,1-4H3. The summed E-state index contributed by atoms with van der Waals surface area (Å²) in [6.07, 6.45) is 5.32. The lowest BCUT2D eigenvalue weighted by Gasteiger charge is -2.30. The highest BCUT2D eigenvalue weighted by molar-refractivity contribution is 4.76. The van der Waals surface area contributed by atoms with Crippen molar-refractivity contribution in [1.29, 1.82) is 0 Å². The number of likely N-dealkylation sites (N-methyl/N-ethyl adjacent to an activating group) is 1. The molecule has 0 aliphatic carbocycles. The van der Waals surface area contributed by atoms with E-state index in [1.807, 2.05) is 0 Å². The highest BCUT2D eigenvalue weighted by Crippen LogP contribution is 2.07. The van der Waals surface area contributed by atoms with Crippen molar-refractivity contribution in [2.75, 3.05) is 40.3 Å². The van der Waals surface area contributed by atoms with E-state index in [2.05, 4.69) is 43.1 Å². The molecule has 0 spiro atoms. The summed E-state index contributed by atoms with van der Waals surface area (Å²) < 4.78 is 0. The molecule has 0 aromatic rings. The van der Waals surface area contributed by atoms with E-state index < -0.39 is 0 Å². The van der Waals surface area contributed by atoms with Gasteiger partial charge in [-0.15, -0.1) is 0 Å². The summed E-state index contributed by atoms with van der Waals surface area (Å²) in [6, 6.07) is 1.41. The Bertz CT molecular complexity index is 194. The van der Waals surface area contributed by atoms with Gasteiger partial charge in [0.1, 0.15) is 0 Å². The molecule has 3 heteroatoms. The molecule has 17 heavy (non-hydrogen) atoms. The molecule has 3 nitrogen and oxygen atoms in total. The maximum absolute atomic E-state index is 3.69. The van der Waals surface area contributed by atoms with E-state index in [0.29, 0.717) is 6.04 Å². The molecular weight excluding hydrogens is 210 g/mol. The van der Waals surface area contributed by atoms with Gasteiger partial charge in [-0.2, -0.15) is 0 Å². The second-order valence-electron chi connectivity index (χ2n) is 5.84. The fraction of sp³-hybridized carbons (Fsp3) is 1.00. The van der Waals surface area contributed by atoms with E-state index in [4.69, 9.17) is 0 Å². The molecule has 1 unspecified atom stereocenters. The predicted molar refractivity (Wildman–Crippen MR) is 75.5 cm³/mol. The van der Waals surface area contributed by atoms with Crippen LogP contribution in [0.1, 0.15) is 39.5 Å². The monoisotopic (exact) mass is 241 g/mol. The molecule has 1 N–H and O–H groups in total. The summed E-state index contributed by atoms with van der Waals surface area (Å²) in [7, 11) is 4.44. The Hall–Kier alpha value is -0.120. The SMILES string of the molecule is CC(C)N(C)CCCCNC1CCCN(C)C1. The summed E-state index contributed by atoms with van der Waals surface area (Å²) >= 11 is 0. The summed E-state index contributed by atoms with van der Waals surface area (Å²) in [4.78, 5) is 4.86. The van der Waals surface area contributed by atoms with E-state index in [1.165, 1.54) is 51.9 Å². The van der Waals surface area contributed by atoms with Crippen molar-refractivity contribution in [2.45, 2.75) is 51.6 Å². The van der Waals surface area contributed by atoms with Gasteiger partial charge >= 0.3 is 0 Å². The quantitative estimate of drug-likeness (QED) is 0.686. The first-order valence-electron chi connectivity index (χ1n) is 7.21. The van der Waals surface area contributed by atoms with Crippen molar-refractivity contribution in [3.63, 3.8) is 0 Å². The second kappa shape index (κ2) is 8.06. The smallest absolute Gasteiger partial charge is 0.0195 e. The summed E-state index contributed by atoms with van der Waals surface area (Å²) in [5.41, 5.74) is 0. The zero-order valence-corrected chi connectivity index (χ0v) is 12.2. The minimum Gasteiger partial charge on any atom is -0.313 e. The van der Waals surface area contributed by atoms with Crippen LogP contribution in [-0.4, -0.2) is 62.2 Å². The molecule has 0 aromatic carbocycles. The topological polar surface area (TPSA) is 18.5 Å². The first-order chi connectivity index (χ1) is 8.09. The van der Waals surface area contributed by atoms with Crippen LogP contribution in [0, 0.1) is 0 Å². The van der Waals surface area contributed by atoms with Crippen molar-refractivity contribution in [3.8, 4) is 0 Å². The Morgan fingerprint density at radius 2 is 2.12 bits per heavy atom. The molecule has 102 valence electrons. The summed E-state index contributed by atoms with van der Waals surface area (Å²) in [6.45, 7) is 9.43. The van der Waals surface area contributed by atoms with Gasteiger partial charge in [0.05, 0.1) is 0 Å². The van der Waals surface area contributed by atoms with Crippen molar-refractivity contribution < 1.29 is 0 Å². The zero-order chi connectivity index (χ0) is 12.7. The first kappa shape index (κ1) is 14.9. The zero-order valence-electron chi connectivity index (χ0n) is 12.2. The van der Waals surface area contributed by atoms with Crippen LogP contribution in [0.25, 0.3) is 0 Å². The van der Waals surface area contributed by atoms with Gasteiger partial charge in [0.2, 0.25) is 0 Å². The molecular formula is C14H31N3. The van der Waals surface area contributed by atoms with Crippen LogP contribution in [0.2, 0.25) is 0 Å². The van der Waals surface area contributed by atoms with Crippen LogP contribution in [0.4, 0.5) is 0 Å². The number of nitrogens with zero attached hydrogens (tertiary/aromatic N) is 2. The van der Waals surface area contributed by atoms with Gasteiger partial charge in [-0.3, -0.25) is 0 Å². The Morgan fingerprint density at radius 1 is 1.35 bits per heavy atom. The summed E-state index contributed by atoms with van der Waals surface area (Å²) in [5.74, 6) is 0. The molecule has 0 bridgehead atoms. The second-order valence-corrected chi connectivity index (χ2v) is 5.84. The van der Waals surface area contributed by atoms with Crippen LogP contribution in [-0.2, 0) is 0 Å². The van der Waals surface area contributed by atoms with E-state index in [9.17, 15) is 0 Å². The fourth-order valence-corrected chi connectivity index (χ4v) is 2.38. The van der Waals surface area contributed by atoms with Gasteiger partial charge in [-0.25, -0.2) is 0 Å². The van der Waals surface area contributed by atoms with Gasteiger partial charge in [-0.05, 0) is 73.3 Å². The average molecular weight is 241 g/mol. The molecule has 1 saturated heterocycles. The van der Waals surface area contributed by atoms with Crippen molar-refractivity contribution in [2.24, 2.45) is 0 Å². The molecule has 0 amide bonds. The molecule has 0 saturated carbocycles. The summed E-state index contributed by atoms with van der Waals surface area (Å²) in [5, 5.41) is 3.69. The third-order valence-electron chi connectivity index (χ3n) is 3.88. The van der Waals surface area contributed by atoms with Gasteiger partial charge in [0, 0.05) is 18.6 Å². The largest absolute Gasteiger partial charge is 0.313 e. The number of unbranched alkanes of at least 4 members (excludes halogenated alkanes) is 1. The Kier molecular flexibility index (Phi) is 7.09. The number of nitrogens with one attached hydrogen (secondary N) is 1. The van der Waals surface area contributed by atoms with Gasteiger partial charge < -0.3 is 15.1 Å². The predicted octanol–water partition coefficient (Wildman–Crippen LogP) is 1.79. The molecule has 1 fully saturated rings. The number of rotatable bonds is 7. The fourth-order valence-electron chi connectivity index (χ4n) is 2.38. The Balaban J connectivity index is 1.97. The van der Waals surface area contributed by atoms with Crippen LogP contribution in [0.5, 0.6) is 0 Å². The molecule has 1 aliphatic heterocycles.